The third-order valence-electron chi connectivity index (χ3n) is 4.33. The Labute approximate surface area is 164 Å². The molecule has 2 N–H and O–H groups in total. The molecule has 1 aromatic heterocycles. The molecule has 11 heteroatoms. The van der Waals surface area contributed by atoms with E-state index in [1.165, 1.54) is 22.5 Å². The van der Waals surface area contributed by atoms with E-state index in [9.17, 15) is 18.0 Å². The fraction of sp³-hybridized carbons (Fsp3) is 0.312. The molecule has 0 saturated carbocycles. The molecule has 0 spiro atoms. The molecule has 0 unspecified atom stereocenters. The van der Waals surface area contributed by atoms with Gasteiger partial charge in [-0.3, -0.25) is 4.79 Å². The van der Waals surface area contributed by atoms with Crippen LogP contribution in [0.15, 0.2) is 34.1 Å². The number of nitrogens with zero attached hydrogens (tertiary/aromatic N) is 2. The highest BCUT2D eigenvalue weighted by Gasteiger charge is 2.33. The van der Waals surface area contributed by atoms with Crippen LogP contribution in [0.2, 0.25) is 10.0 Å². The third kappa shape index (κ3) is 4.01. The first kappa shape index (κ1) is 19.8. The van der Waals surface area contributed by atoms with Crippen molar-refractivity contribution in [3.63, 3.8) is 0 Å². The molecule has 1 aromatic carbocycles. The molecule has 0 amide bonds. The lowest BCUT2D eigenvalue weighted by molar-refractivity contribution is 0.0694. The molecule has 1 saturated heterocycles. The number of sulfonamides is 1. The van der Waals surface area contributed by atoms with Crippen LogP contribution in [0.5, 0.6) is 0 Å². The number of hydrogen-bond donors (Lipinski definition) is 2. The number of halogens is 2. The Morgan fingerprint density at radius 2 is 2.07 bits per heavy atom. The smallest absolute Gasteiger partial charge is 0.342 e. The van der Waals surface area contributed by atoms with Gasteiger partial charge in [-0.15, -0.1) is 0 Å². The lowest BCUT2D eigenvalue weighted by Gasteiger charge is -2.31. The minimum absolute atomic E-state index is 0.0684. The molecule has 1 fully saturated rings. The van der Waals surface area contributed by atoms with Crippen molar-refractivity contribution >= 4 is 39.2 Å². The van der Waals surface area contributed by atoms with Gasteiger partial charge in [-0.1, -0.05) is 23.2 Å². The van der Waals surface area contributed by atoms with Gasteiger partial charge in [0, 0.05) is 30.2 Å². The van der Waals surface area contributed by atoms with Crippen LogP contribution >= 0.6 is 23.2 Å². The van der Waals surface area contributed by atoms with Gasteiger partial charge in [0.1, 0.15) is 16.3 Å². The summed E-state index contributed by atoms with van der Waals surface area (Å²) in [5, 5.41) is 9.24. The zero-order valence-corrected chi connectivity index (χ0v) is 16.2. The van der Waals surface area contributed by atoms with Gasteiger partial charge >= 0.3 is 5.97 Å². The molecule has 144 valence electrons. The predicted octanol–water partition coefficient (Wildman–Crippen LogP) is 2.34. The average molecular weight is 432 g/mol. The van der Waals surface area contributed by atoms with E-state index in [1.54, 1.807) is 0 Å². The van der Waals surface area contributed by atoms with Crippen LogP contribution in [0.3, 0.4) is 0 Å². The second-order valence-electron chi connectivity index (χ2n) is 6.09. The summed E-state index contributed by atoms with van der Waals surface area (Å²) in [6.45, 7) is 0.375. The van der Waals surface area contributed by atoms with E-state index in [-0.39, 0.29) is 33.2 Å². The third-order valence-corrected chi connectivity index (χ3v) is 6.91. The molecule has 3 rings (SSSR count). The minimum Gasteiger partial charge on any atom is -0.477 e. The van der Waals surface area contributed by atoms with Gasteiger partial charge in [0.2, 0.25) is 10.0 Å². The topological polar surface area (TPSA) is 120 Å². The normalized spacial score (nSPS) is 18.4. The van der Waals surface area contributed by atoms with Crippen molar-refractivity contribution in [1.82, 2.24) is 14.3 Å². The maximum absolute atomic E-state index is 13.0. The van der Waals surface area contributed by atoms with Gasteiger partial charge in [-0.05, 0) is 31.0 Å². The van der Waals surface area contributed by atoms with Crippen molar-refractivity contribution in [2.24, 2.45) is 0 Å². The van der Waals surface area contributed by atoms with Crippen molar-refractivity contribution in [1.29, 1.82) is 0 Å². The Morgan fingerprint density at radius 1 is 1.33 bits per heavy atom. The van der Waals surface area contributed by atoms with E-state index < -0.39 is 27.1 Å². The largest absolute Gasteiger partial charge is 0.477 e. The van der Waals surface area contributed by atoms with E-state index >= 15 is 0 Å². The lowest BCUT2D eigenvalue weighted by Crippen LogP contribution is -2.40. The molecular formula is C16H15Cl2N3O5S. The minimum atomic E-state index is -3.88. The summed E-state index contributed by atoms with van der Waals surface area (Å²) in [5.74, 6) is -1.50. The van der Waals surface area contributed by atoms with Crippen molar-refractivity contribution in [3.8, 4) is 0 Å². The van der Waals surface area contributed by atoms with Crippen LogP contribution in [0.1, 0.15) is 34.9 Å². The molecule has 1 aliphatic rings. The molecule has 1 aliphatic heterocycles. The first-order valence-electron chi connectivity index (χ1n) is 7.98. The zero-order valence-electron chi connectivity index (χ0n) is 13.9. The van der Waals surface area contributed by atoms with E-state index in [0.717, 1.165) is 6.20 Å². The number of aromatic carboxylic acids is 1. The summed E-state index contributed by atoms with van der Waals surface area (Å²) in [6.07, 6.45) is 2.13. The maximum Gasteiger partial charge on any atom is 0.342 e. The number of carbonyl (C=O) groups is 1. The first-order valence-corrected chi connectivity index (χ1v) is 10.2. The summed E-state index contributed by atoms with van der Waals surface area (Å²) in [7, 11) is -3.88. The second-order valence-corrected chi connectivity index (χ2v) is 8.84. The number of piperidine rings is 1. The lowest BCUT2D eigenvalue weighted by atomic mass is 9.99. The molecule has 0 bridgehead atoms. The number of benzene rings is 1. The van der Waals surface area contributed by atoms with Gasteiger partial charge in [-0.2, -0.15) is 4.31 Å². The van der Waals surface area contributed by atoms with Gasteiger partial charge < -0.3 is 10.1 Å². The van der Waals surface area contributed by atoms with Crippen molar-refractivity contribution in [2.75, 3.05) is 13.1 Å². The van der Waals surface area contributed by atoms with Crippen LogP contribution in [0.4, 0.5) is 0 Å². The number of nitrogens with one attached hydrogen (secondary N) is 1. The van der Waals surface area contributed by atoms with E-state index in [0.29, 0.717) is 19.4 Å². The van der Waals surface area contributed by atoms with Crippen molar-refractivity contribution in [3.05, 3.63) is 56.2 Å². The molecular weight excluding hydrogens is 417 g/mol. The quantitative estimate of drug-likeness (QED) is 0.765. The Hall–Kier alpha value is -1.94. The Bertz CT molecular complexity index is 1050. The summed E-state index contributed by atoms with van der Waals surface area (Å²) in [6, 6.07) is 4.22. The zero-order chi connectivity index (χ0) is 19.8. The van der Waals surface area contributed by atoms with Crippen LogP contribution in [-0.2, 0) is 10.0 Å². The molecule has 0 aliphatic carbocycles. The van der Waals surface area contributed by atoms with Crippen LogP contribution in [0.25, 0.3) is 0 Å². The van der Waals surface area contributed by atoms with Crippen molar-refractivity contribution < 1.29 is 18.3 Å². The molecule has 1 atom stereocenters. The highest BCUT2D eigenvalue weighted by atomic mass is 35.5. The SMILES string of the molecule is O=C(O)c1cnc([C@@H]2CCCN(S(=O)(=O)c3cc(Cl)ccc3Cl)C2)[nH]c1=O. The van der Waals surface area contributed by atoms with Crippen LogP contribution < -0.4 is 5.56 Å². The fourth-order valence-corrected chi connectivity index (χ4v) is 5.23. The summed E-state index contributed by atoms with van der Waals surface area (Å²) in [5.41, 5.74) is -1.24. The monoisotopic (exact) mass is 431 g/mol. The average Bonchev–Trinajstić information content (AvgIpc) is 2.63. The van der Waals surface area contributed by atoms with E-state index in [1.807, 2.05) is 0 Å². The number of H-pyrrole nitrogens is 1. The number of carboxylic acids is 1. The van der Waals surface area contributed by atoms with Crippen LogP contribution in [0, 0.1) is 0 Å². The van der Waals surface area contributed by atoms with Gasteiger partial charge in [0.25, 0.3) is 5.56 Å². The molecule has 8 nitrogen and oxygen atoms in total. The highest BCUT2D eigenvalue weighted by molar-refractivity contribution is 7.89. The Kier molecular flexibility index (Phi) is 5.57. The fourth-order valence-electron chi connectivity index (χ4n) is 2.97. The van der Waals surface area contributed by atoms with Gasteiger partial charge in [-0.25, -0.2) is 18.2 Å². The highest BCUT2D eigenvalue weighted by Crippen LogP contribution is 2.32. The second kappa shape index (κ2) is 7.59. The molecule has 2 heterocycles. The van der Waals surface area contributed by atoms with E-state index in [4.69, 9.17) is 28.3 Å². The van der Waals surface area contributed by atoms with E-state index in [2.05, 4.69) is 9.97 Å². The summed E-state index contributed by atoms with van der Waals surface area (Å²) < 4.78 is 27.2. The van der Waals surface area contributed by atoms with Gasteiger partial charge in [0.05, 0.1) is 5.02 Å². The molecule has 2 aromatic rings. The van der Waals surface area contributed by atoms with Crippen LogP contribution in [-0.4, -0.2) is 46.9 Å². The summed E-state index contributed by atoms with van der Waals surface area (Å²) >= 11 is 11.9. The first-order chi connectivity index (χ1) is 12.7. The van der Waals surface area contributed by atoms with Crippen molar-refractivity contribution in [2.45, 2.75) is 23.7 Å². The maximum atomic E-state index is 13.0. The predicted molar refractivity (Wildman–Crippen MR) is 99.0 cm³/mol. The number of aromatic amines is 1. The number of aromatic nitrogens is 2. The number of carboxylic acid groups (broad SMARTS) is 1. The van der Waals surface area contributed by atoms with Gasteiger partial charge in [0.15, 0.2) is 0 Å². The standard InChI is InChI=1S/C16H15Cl2N3O5S/c17-10-3-4-12(18)13(6-10)27(25,26)21-5-1-2-9(8-21)14-19-7-11(16(23)24)15(22)20-14/h3-4,6-7,9H,1-2,5,8H2,(H,23,24)(H,19,20,22)/t9-/m1/s1. The summed E-state index contributed by atoms with van der Waals surface area (Å²) in [4.78, 5) is 29.2. The Morgan fingerprint density at radius 3 is 2.74 bits per heavy atom. The molecule has 27 heavy (non-hydrogen) atoms. The number of rotatable bonds is 4. The Balaban J connectivity index is 1.90. The molecule has 0 radical (unpaired) electrons. The number of hydrogen-bond acceptors (Lipinski definition) is 5.